The largest absolute Gasteiger partial charge is 0.478 e. The summed E-state index contributed by atoms with van der Waals surface area (Å²) in [4.78, 5) is 20.0. The van der Waals surface area contributed by atoms with Crippen molar-refractivity contribution in [3.8, 4) is 11.3 Å². The second kappa shape index (κ2) is 6.53. The average molecular weight is 361 g/mol. The highest BCUT2D eigenvalue weighted by molar-refractivity contribution is 7.88. The first-order chi connectivity index (χ1) is 11.8. The van der Waals surface area contributed by atoms with E-state index in [1.54, 1.807) is 18.2 Å². The zero-order valence-electron chi connectivity index (χ0n) is 14.0. The number of benzene rings is 1. The Balaban J connectivity index is 2.00. The molecule has 1 saturated heterocycles. The van der Waals surface area contributed by atoms with Crippen molar-refractivity contribution in [1.82, 2.24) is 14.3 Å². The first-order valence-electron chi connectivity index (χ1n) is 7.92. The lowest BCUT2D eigenvalue weighted by molar-refractivity contribution is 0.0697. The van der Waals surface area contributed by atoms with Crippen molar-refractivity contribution in [2.75, 3.05) is 12.8 Å². The summed E-state index contributed by atoms with van der Waals surface area (Å²) >= 11 is 0. The van der Waals surface area contributed by atoms with Crippen LogP contribution in [0.4, 0.5) is 0 Å². The Morgan fingerprint density at radius 1 is 1.24 bits per heavy atom. The highest BCUT2D eigenvalue weighted by Gasteiger charge is 2.34. The summed E-state index contributed by atoms with van der Waals surface area (Å²) in [6, 6.07) is 7.88. The predicted molar refractivity (Wildman–Crippen MR) is 92.7 cm³/mol. The molecule has 3 rings (SSSR count). The van der Waals surface area contributed by atoms with Crippen LogP contribution >= 0.6 is 0 Å². The maximum Gasteiger partial charge on any atom is 0.335 e. The van der Waals surface area contributed by atoms with Crippen LogP contribution in [0, 0.1) is 6.92 Å². The normalized spacial score (nSPS) is 18.4. The summed E-state index contributed by atoms with van der Waals surface area (Å²) in [6.45, 7) is 2.31. The molecule has 0 saturated carbocycles. The van der Waals surface area contributed by atoms with Crippen molar-refractivity contribution in [1.29, 1.82) is 0 Å². The molecule has 0 unspecified atom stereocenters. The van der Waals surface area contributed by atoms with Gasteiger partial charge in [-0.05, 0) is 38.0 Å². The molecule has 1 fully saturated rings. The molecule has 1 N–H and O–H groups in total. The number of hydrogen-bond acceptors (Lipinski definition) is 5. The third-order valence-electron chi connectivity index (χ3n) is 4.23. The minimum atomic E-state index is -3.32. The van der Waals surface area contributed by atoms with Crippen LogP contribution in [0.15, 0.2) is 30.3 Å². The van der Waals surface area contributed by atoms with E-state index in [9.17, 15) is 13.2 Å². The molecule has 0 aliphatic carbocycles. The number of sulfonamides is 1. The number of rotatable bonds is 4. The van der Waals surface area contributed by atoms with E-state index in [0.29, 0.717) is 24.5 Å². The molecule has 0 radical (unpaired) electrons. The minimum absolute atomic E-state index is 0.203. The van der Waals surface area contributed by atoms with Crippen molar-refractivity contribution in [3.05, 3.63) is 47.4 Å². The topological polar surface area (TPSA) is 100 Å². The molecule has 0 bridgehead atoms. The molecule has 2 heterocycles. The molecular formula is C17H19N3O4S. The molecule has 25 heavy (non-hydrogen) atoms. The van der Waals surface area contributed by atoms with Gasteiger partial charge in [-0.1, -0.05) is 12.1 Å². The number of carbonyl (C=O) groups is 1. The molecular weight excluding hydrogens is 342 g/mol. The Morgan fingerprint density at radius 3 is 2.52 bits per heavy atom. The van der Waals surface area contributed by atoms with Gasteiger partial charge in [0.05, 0.1) is 23.6 Å². The summed E-state index contributed by atoms with van der Waals surface area (Å²) in [5.74, 6) is -0.499. The monoisotopic (exact) mass is 361 g/mol. The van der Waals surface area contributed by atoms with Gasteiger partial charge < -0.3 is 5.11 Å². The van der Waals surface area contributed by atoms with E-state index in [0.717, 1.165) is 17.7 Å². The molecule has 1 aliphatic rings. The van der Waals surface area contributed by atoms with Crippen LogP contribution in [0.2, 0.25) is 0 Å². The number of carboxylic acids is 1. The summed E-state index contributed by atoms with van der Waals surface area (Å²) in [6.07, 6.45) is 2.66. The fraction of sp³-hybridized carbons (Fsp3) is 0.353. The quantitative estimate of drug-likeness (QED) is 0.896. The highest BCUT2D eigenvalue weighted by atomic mass is 32.2. The van der Waals surface area contributed by atoms with Gasteiger partial charge in [-0.15, -0.1) is 0 Å². The van der Waals surface area contributed by atoms with Crippen LogP contribution in [0.3, 0.4) is 0 Å². The summed E-state index contributed by atoms with van der Waals surface area (Å²) in [5.41, 5.74) is 2.36. The van der Waals surface area contributed by atoms with E-state index < -0.39 is 16.0 Å². The van der Waals surface area contributed by atoms with Crippen molar-refractivity contribution in [3.63, 3.8) is 0 Å². The van der Waals surface area contributed by atoms with Crippen LogP contribution in [0.5, 0.6) is 0 Å². The van der Waals surface area contributed by atoms with E-state index in [4.69, 9.17) is 5.11 Å². The van der Waals surface area contributed by atoms with Gasteiger partial charge in [0.25, 0.3) is 0 Å². The molecule has 7 nitrogen and oxygen atoms in total. The van der Waals surface area contributed by atoms with Crippen LogP contribution in [-0.2, 0) is 10.0 Å². The first-order valence-corrected chi connectivity index (χ1v) is 9.76. The van der Waals surface area contributed by atoms with Gasteiger partial charge in [-0.25, -0.2) is 23.2 Å². The second-order valence-corrected chi connectivity index (χ2v) is 8.10. The van der Waals surface area contributed by atoms with Gasteiger partial charge in [0.1, 0.15) is 5.82 Å². The van der Waals surface area contributed by atoms with Gasteiger partial charge in [-0.3, -0.25) is 0 Å². The van der Waals surface area contributed by atoms with E-state index in [2.05, 4.69) is 9.97 Å². The first kappa shape index (κ1) is 17.5. The van der Waals surface area contributed by atoms with Crippen LogP contribution < -0.4 is 0 Å². The van der Waals surface area contributed by atoms with Crippen LogP contribution in [-0.4, -0.2) is 46.6 Å². The molecule has 1 aliphatic heterocycles. The lowest BCUT2D eigenvalue weighted by atomic mass is 10.1. The van der Waals surface area contributed by atoms with Crippen LogP contribution in [0.1, 0.15) is 40.8 Å². The molecule has 0 spiro atoms. The summed E-state index contributed by atoms with van der Waals surface area (Å²) in [5, 5.41) is 9.00. The summed E-state index contributed by atoms with van der Waals surface area (Å²) < 4.78 is 25.4. The lowest BCUT2D eigenvalue weighted by Crippen LogP contribution is -2.30. The molecule has 1 aromatic carbocycles. The number of nitrogens with zero attached hydrogens (tertiary/aromatic N) is 3. The molecule has 132 valence electrons. The van der Waals surface area contributed by atoms with E-state index in [-0.39, 0.29) is 11.6 Å². The molecule has 8 heteroatoms. The molecule has 1 atom stereocenters. The number of carboxylic acid groups (broad SMARTS) is 1. The minimum Gasteiger partial charge on any atom is -0.478 e. The number of aromatic nitrogens is 2. The Kier molecular flexibility index (Phi) is 4.57. The third kappa shape index (κ3) is 3.69. The van der Waals surface area contributed by atoms with Gasteiger partial charge in [0.2, 0.25) is 10.0 Å². The number of aryl methyl sites for hydroxylation is 1. The standard InChI is InChI=1S/C17H19N3O4S/c1-11-10-14(12-5-7-13(8-6-12)17(21)22)19-16(18-11)15-4-3-9-20(15)25(2,23)24/h5-8,10,15H,3-4,9H2,1-2H3,(H,21,22)/t15-/m0/s1. The SMILES string of the molecule is Cc1cc(-c2ccc(C(=O)O)cc2)nc([C@@H]2CCCN2S(C)(=O)=O)n1. The third-order valence-corrected chi connectivity index (χ3v) is 5.52. The highest BCUT2D eigenvalue weighted by Crippen LogP contribution is 2.33. The van der Waals surface area contributed by atoms with E-state index in [1.807, 2.05) is 6.92 Å². The smallest absolute Gasteiger partial charge is 0.335 e. The fourth-order valence-electron chi connectivity index (χ4n) is 3.07. The molecule has 1 aromatic heterocycles. The molecule has 2 aromatic rings. The van der Waals surface area contributed by atoms with Gasteiger partial charge >= 0.3 is 5.97 Å². The maximum atomic E-state index is 12.0. The van der Waals surface area contributed by atoms with Crippen molar-refractivity contribution < 1.29 is 18.3 Å². The van der Waals surface area contributed by atoms with E-state index >= 15 is 0 Å². The number of aromatic carboxylic acids is 1. The van der Waals surface area contributed by atoms with Crippen molar-refractivity contribution in [2.45, 2.75) is 25.8 Å². The van der Waals surface area contributed by atoms with E-state index in [1.165, 1.54) is 22.7 Å². The summed E-state index contributed by atoms with van der Waals surface area (Å²) in [7, 11) is -3.32. The average Bonchev–Trinajstić information content (AvgIpc) is 3.04. The Hall–Kier alpha value is -2.32. The fourth-order valence-corrected chi connectivity index (χ4v) is 4.19. The van der Waals surface area contributed by atoms with Crippen LogP contribution in [0.25, 0.3) is 11.3 Å². The molecule has 0 amide bonds. The zero-order chi connectivity index (χ0) is 18.2. The van der Waals surface area contributed by atoms with Gasteiger partial charge in [0, 0.05) is 17.8 Å². The van der Waals surface area contributed by atoms with Crippen molar-refractivity contribution >= 4 is 16.0 Å². The Labute approximate surface area is 146 Å². The van der Waals surface area contributed by atoms with Crippen molar-refractivity contribution in [2.24, 2.45) is 0 Å². The lowest BCUT2D eigenvalue weighted by Gasteiger charge is -2.21. The predicted octanol–water partition coefficient (Wildman–Crippen LogP) is 2.25. The Bertz CT molecular complexity index is 910. The Morgan fingerprint density at radius 2 is 1.92 bits per heavy atom. The zero-order valence-corrected chi connectivity index (χ0v) is 14.8. The van der Waals surface area contributed by atoms with Gasteiger partial charge in [0.15, 0.2) is 0 Å². The number of hydrogen-bond donors (Lipinski definition) is 1. The maximum absolute atomic E-state index is 12.0. The van der Waals surface area contributed by atoms with Gasteiger partial charge in [-0.2, -0.15) is 4.31 Å². The second-order valence-electron chi connectivity index (χ2n) is 6.17.